The lowest BCUT2D eigenvalue weighted by molar-refractivity contribution is -1.02. The SMILES string of the molecule is CN(C)c1ccc([C@H](CNS(=O)(=O)CBr)[NH+]2CC[NH+](C)CC2)cc1. The van der Waals surface area contributed by atoms with Gasteiger partial charge in [0.2, 0.25) is 10.0 Å². The Bertz CT molecular complexity index is 613. The Morgan fingerprint density at radius 1 is 1.17 bits per heavy atom. The third-order valence-electron chi connectivity index (χ3n) is 4.70. The second kappa shape index (κ2) is 8.62. The van der Waals surface area contributed by atoms with Crippen molar-refractivity contribution in [3.8, 4) is 0 Å². The van der Waals surface area contributed by atoms with Crippen LogP contribution in [-0.2, 0) is 10.0 Å². The van der Waals surface area contributed by atoms with Gasteiger partial charge < -0.3 is 14.7 Å². The highest BCUT2D eigenvalue weighted by Crippen LogP contribution is 2.16. The second-order valence-electron chi connectivity index (χ2n) is 6.73. The van der Waals surface area contributed by atoms with Crippen molar-refractivity contribution in [1.29, 1.82) is 0 Å². The number of nitrogens with one attached hydrogen (secondary N) is 3. The standard InChI is InChI=1S/C16H27BrN4O2S/c1-19(2)15-6-4-14(5-7-15)16(12-18-24(22,23)13-17)21-10-8-20(3)9-11-21/h4-7,16,18H,8-13H2,1-3H3/p+2/t16-/m0/s1. The summed E-state index contributed by atoms with van der Waals surface area (Å²) in [7, 11) is 3.00. The predicted molar refractivity (Wildman–Crippen MR) is 102 cm³/mol. The molecule has 1 aromatic carbocycles. The van der Waals surface area contributed by atoms with Gasteiger partial charge in [-0.05, 0) is 12.1 Å². The number of rotatable bonds is 7. The van der Waals surface area contributed by atoms with Crippen molar-refractivity contribution in [1.82, 2.24) is 4.72 Å². The largest absolute Gasteiger partial charge is 0.378 e. The monoisotopic (exact) mass is 420 g/mol. The Balaban J connectivity index is 2.18. The van der Waals surface area contributed by atoms with Gasteiger partial charge in [0.15, 0.2) is 0 Å². The lowest BCUT2D eigenvalue weighted by atomic mass is 10.0. The predicted octanol–water partition coefficient (Wildman–Crippen LogP) is -1.52. The molecule has 2 rings (SSSR count). The molecule has 24 heavy (non-hydrogen) atoms. The van der Waals surface area contributed by atoms with E-state index in [2.05, 4.69) is 56.9 Å². The minimum atomic E-state index is -3.25. The third-order valence-corrected chi connectivity index (χ3v) is 7.40. The fraction of sp³-hybridized carbons (Fsp3) is 0.625. The van der Waals surface area contributed by atoms with Crippen LogP contribution < -0.4 is 19.4 Å². The first kappa shape index (κ1) is 19.7. The van der Waals surface area contributed by atoms with Crippen LogP contribution in [0.4, 0.5) is 5.69 Å². The Morgan fingerprint density at radius 2 is 1.75 bits per heavy atom. The van der Waals surface area contributed by atoms with E-state index in [-0.39, 0.29) is 10.7 Å². The van der Waals surface area contributed by atoms with Crippen LogP contribution in [-0.4, -0.2) is 66.9 Å². The van der Waals surface area contributed by atoms with Gasteiger partial charge in [-0.3, -0.25) is 0 Å². The normalized spacial score (nSPS) is 23.0. The molecule has 0 bridgehead atoms. The van der Waals surface area contributed by atoms with Crippen LogP contribution in [0, 0.1) is 0 Å². The molecule has 1 aliphatic heterocycles. The molecule has 1 aliphatic rings. The summed E-state index contributed by atoms with van der Waals surface area (Å²) in [5, 5.41) is 0. The Hall–Kier alpha value is -0.670. The van der Waals surface area contributed by atoms with Gasteiger partial charge in [-0.1, -0.05) is 28.1 Å². The zero-order valence-corrected chi connectivity index (χ0v) is 17.1. The number of anilines is 1. The van der Waals surface area contributed by atoms with Gasteiger partial charge in [0.25, 0.3) is 0 Å². The molecule has 0 saturated carbocycles. The van der Waals surface area contributed by atoms with Crippen LogP contribution in [0.3, 0.4) is 0 Å². The van der Waals surface area contributed by atoms with Crippen LogP contribution >= 0.6 is 15.9 Å². The molecule has 1 aromatic rings. The summed E-state index contributed by atoms with van der Waals surface area (Å²) in [6, 6.07) is 8.59. The maximum atomic E-state index is 11.8. The first-order valence-corrected chi connectivity index (χ1v) is 11.1. The number of sulfonamides is 1. The van der Waals surface area contributed by atoms with Crippen molar-refractivity contribution >= 4 is 31.6 Å². The highest BCUT2D eigenvalue weighted by atomic mass is 79.9. The van der Waals surface area contributed by atoms with Crippen molar-refractivity contribution in [2.24, 2.45) is 0 Å². The lowest BCUT2D eigenvalue weighted by Crippen LogP contribution is -3.27. The fourth-order valence-electron chi connectivity index (χ4n) is 3.10. The van der Waals surface area contributed by atoms with Crippen LogP contribution in [0.5, 0.6) is 0 Å². The summed E-state index contributed by atoms with van der Waals surface area (Å²) in [5.41, 5.74) is 2.34. The number of hydrogen-bond acceptors (Lipinski definition) is 3. The molecule has 0 amide bonds. The van der Waals surface area contributed by atoms with Crippen molar-refractivity contribution < 1.29 is 18.2 Å². The maximum Gasteiger partial charge on any atom is 0.221 e. The highest BCUT2D eigenvalue weighted by Gasteiger charge is 2.30. The number of hydrogen-bond donors (Lipinski definition) is 3. The van der Waals surface area contributed by atoms with Gasteiger partial charge in [0.1, 0.15) is 36.9 Å². The van der Waals surface area contributed by atoms with E-state index in [0.29, 0.717) is 6.54 Å². The molecule has 1 fully saturated rings. The van der Waals surface area contributed by atoms with E-state index < -0.39 is 10.0 Å². The molecule has 0 unspecified atom stereocenters. The molecule has 0 aromatic heterocycles. The number of piperazine rings is 1. The van der Waals surface area contributed by atoms with Crippen LogP contribution in [0.1, 0.15) is 11.6 Å². The second-order valence-corrected chi connectivity index (χ2v) is 9.84. The van der Waals surface area contributed by atoms with E-state index in [0.717, 1.165) is 31.9 Å². The average molecular weight is 421 g/mol. The number of quaternary nitrogens is 2. The summed E-state index contributed by atoms with van der Waals surface area (Å²) >= 11 is 3.04. The molecule has 3 N–H and O–H groups in total. The van der Waals surface area contributed by atoms with Crippen molar-refractivity contribution in [2.45, 2.75) is 6.04 Å². The zero-order chi connectivity index (χ0) is 17.7. The smallest absolute Gasteiger partial charge is 0.221 e. The molecule has 0 spiro atoms. The topological polar surface area (TPSA) is 58.3 Å². The number of benzene rings is 1. The molecular weight excluding hydrogens is 392 g/mol. The summed E-state index contributed by atoms with van der Waals surface area (Å²) in [5.74, 6) is 0. The first-order valence-electron chi connectivity index (χ1n) is 8.29. The lowest BCUT2D eigenvalue weighted by Gasteiger charge is -2.33. The van der Waals surface area contributed by atoms with E-state index >= 15 is 0 Å². The number of alkyl halides is 1. The molecule has 0 radical (unpaired) electrons. The maximum absolute atomic E-state index is 11.8. The number of likely N-dealkylation sites (N-methyl/N-ethyl adjacent to an activating group) is 1. The van der Waals surface area contributed by atoms with E-state index in [1.54, 1.807) is 4.90 Å². The summed E-state index contributed by atoms with van der Waals surface area (Å²) in [6.45, 7) is 4.78. The Morgan fingerprint density at radius 3 is 2.25 bits per heavy atom. The molecular formula is C16H29BrN4O2S+2. The van der Waals surface area contributed by atoms with Gasteiger partial charge in [-0.15, -0.1) is 0 Å². The summed E-state index contributed by atoms with van der Waals surface area (Å²) in [6.07, 6.45) is 0. The van der Waals surface area contributed by atoms with Gasteiger partial charge in [0, 0.05) is 25.3 Å². The van der Waals surface area contributed by atoms with Gasteiger partial charge in [0.05, 0.1) is 13.6 Å². The Kier molecular flexibility index (Phi) is 7.06. The molecule has 1 heterocycles. The molecule has 1 atom stereocenters. The number of nitrogens with zero attached hydrogens (tertiary/aromatic N) is 1. The van der Waals surface area contributed by atoms with E-state index in [1.807, 2.05) is 14.1 Å². The van der Waals surface area contributed by atoms with Crippen molar-refractivity contribution in [2.75, 3.05) is 63.4 Å². The highest BCUT2D eigenvalue weighted by molar-refractivity contribution is 9.10. The van der Waals surface area contributed by atoms with Crippen LogP contribution in [0.25, 0.3) is 0 Å². The average Bonchev–Trinajstić information content (AvgIpc) is 2.57. The van der Waals surface area contributed by atoms with E-state index in [9.17, 15) is 8.42 Å². The number of halogens is 1. The quantitative estimate of drug-likeness (QED) is 0.469. The minimum absolute atomic E-state index is 0.0610. The molecule has 6 nitrogen and oxygen atoms in total. The van der Waals surface area contributed by atoms with E-state index in [4.69, 9.17) is 0 Å². The zero-order valence-electron chi connectivity index (χ0n) is 14.7. The minimum Gasteiger partial charge on any atom is -0.378 e. The first-order chi connectivity index (χ1) is 11.3. The summed E-state index contributed by atoms with van der Waals surface area (Å²) < 4.78 is 26.4. The van der Waals surface area contributed by atoms with Crippen LogP contribution in [0.2, 0.25) is 0 Å². The van der Waals surface area contributed by atoms with Crippen LogP contribution in [0.15, 0.2) is 24.3 Å². The van der Waals surface area contributed by atoms with Crippen molar-refractivity contribution in [3.05, 3.63) is 29.8 Å². The fourth-order valence-corrected chi connectivity index (χ4v) is 4.08. The van der Waals surface area contributed by atoms with Gasteiger partial charge in [-0.25, -0.2) is 13.1 Å². The Labute approximate surface area is 154 Å². The molecule has 0 aliphatic carbocycles. The van der Waals surface area contributed by atoms with Gasteiger partial charge >= 0.3 is 0 Å². The van der Waals surface area contributed by atoms with E-state index in [1.165, 1.54) is 10.5 Å². The molecule has 8 heteroatoms. The third kappa shape index (κ3) is 5.42. The summed E-state index contributed by atoms with van der Waals surface area (Å²) in [4.78, 5) is 5.07. The van der Waals surface area contributed by atoms with Gasteiger partial charge in [-0.2, -0.15) is 0 Å². The van der Waals surface area contributed by atoms with Crippen molar-refractivity contribution in [3.63, 3.8) is 0 Å². The molecule has 136 valence electrons. The molecule has 1 saturated heterocycles.